The van der Waals surface area contributed by atoms with E-state index in [1.807, 2.05) is 6.08 Å². The summed E-state index contributed by atoms with van der Waals surface area (Å²) in [5, 5.41) is 3.56. The summed E-state index contributed by atoms with van der Waals surface area (Å²) < 4.78 is 0. The maximum absolute atomic E-state index is 3.80. The molecule has 1 unspecified atom stereocenters. The summed E-state index contributed by atoms with van der Waals surface area (Å²) in [4.78, 5) is 0. The molecule has 1 nitrogen and oxygen atoms in total. The van der Waals surface area contributed by atoms with Crippen LogP contribution < -0.4 is 5.32 Å². The van der Waals surface area contributed by atoms with Crippen molar-refractivity contribution >= 4 is 0 Å². The molecule has 0 radical (unpaired) electrons. The summed E-state index contributed by atoms with van der Waals surface area (Å²) in [5.74, 6) is 3.12. The van der Waals surface area contributed by atoms with Crippen molar-refractivity contribution in [3.8, 4) is 0 Å². The zero-order valence-electron chi connectivity index (χ0n) is 8.63. The zero-order chi connectivity index (χ0) is 9.26. The molecule has 2 rings (SSSR count). The van der Waals surface area contributed by atoms with Crippen LogP contribution in [0.2, 0.25) is 0 Å². The fourth-order valence-corrected chi connectivity index (χ4v) is 2.17. The standard InChI is InChI=1S/C12H21N/c1-3-9(2)13-8-12(10-4-5-10)11-6-7-11/h3,9-13H,1,4-8H2,2H3. The van der Waals surface area contributed by atoms with Gasteiger partial charge in [0.15, 0.2) is 0 Å². The van der Waals surface area contributed by atoms with Gasteiger partial charge in [-0.2, -0.15) is 0 Å². The smallest absolute Gasteiger partial charge is 0.0219 e. The van der Waals surface area contributed by atoms with Crippen molar-refractivity contribution in [1.82, 2.24) is 5.32 Å². The minimum absolute atomic E-state index is 0.486. The maximum Gasteiger partial charge on any atom is 0.0219 e. The van der Waals surface area contributed by atoms with Gasteiger partial charge in [-0.1, -0.05) is 6.08 Å². The quantitative estimate of drug-likeness (QED) is 0.618. The fourth-order valence-electron chi connectivity index (χ4n) is 2.17. The van der Waals surface area contributed by atoms with Gasteiger partial charge in [0.2, 0.25) is 0 Å². The highest BCUT2D eigenvalue weighted by Gasteiger charge is 2.40. The van der Waals surface area contributed by atoms with Gasteiger partial charge in [-0.15, -0.1) is 6.58 Å². The Labute approximate surface area is 81.6 Å². The molecule has 0 heterocycles. The van der Waals surface area contributed by atoms with Crippen molar-refractivity contribution < 1.29 is 0 Å². The largest absolute Gasteiger partial charge is 0.311 e. The van der Waals surface area contributed by atoms with Gasteiger partial charge in [0.1, 0.15) is 0 Å². The topological polar surface area (TPSA) is 12.0 Å². The Morgan fingerprint density at radius 2 is 1.85 bits per heavy atom. The molecule has 1 N–H and O–H groups in total. The third-order valence-corrected chi connectivity index (χ3v) is 3.48. The molecule has 0 aromatic rings. The number of hydrogen-bond acceptors (Lipinski definition) is 1. The van der Waals surface area contributed by atoms with Crippen LogP contribution in [0.1, 0.15) is 32.6 Å². The second-order valence-corrected chi connectivity index (χ2v) is 4.77. The normalized spacial score (nSPS) is 24.8. The molecule has 2 saturated carbocycles. The van der Waals surface area contributed by atoms with Crippen molar-refractivity contribution in [3.05, 3.63) is 12.7 Å². The van der Waals surface area contributed by atoms with Crippen LogP contribution in [0.4, 0.5) is 0 Å². The molecular formula is C12H21N. The zero-order valence-corrected chi connectivity index (χ0v) is 8.63. The highest BCUT2D eigenvalue weighted by molar-refractivity contribution is 4.93. The molecule has 2 aliphatic rings. The van der Waals surface area contributed by atoms with E-state index in [0.29, 0.717) is 6.04 Å². The van der Waals surface area contributed by atoms with Crippen LogP contribution in [0.25, 0.3) is 0 Å². The van der Waals surface area contributed by atoms with E-state index in [4.69, 9.17) is 0 Å². The summed E-state index contributed by atoms with van der Waals surface area (Å²) >= 11 is 0. The Morgan fingerprint density at radius 3 is 2.23 bits per heavy atom. The van der Waals surface area contributed by atoms with Crippen LogP contribution in [0.3, 0.4) is 0 Å². The SMILES string of the molecule is C=CC(C)NCC(C1CC1)C1CC1. The Balaban J connectivity index is 1.72. The average Bonchev–Trinajstić information content (AvgIpc) is 2.98. The molecule has 0 amide bonds. The van der Waals surface area contributed by atoms with Crippen molar-refractivity contribution in [3.63, 3.8) is 0 Å². The van der Waals surface area contributed by atoms with E-state index in [-0.39, 0.29) is 0 Å². The van der Waals surface area contributed by atoms with Crippen LogP contribution in [-0.4, -0.2) is 12.6 Å². The maximum atomic E-state index is 3.80. The van der Waals surface area contributed by atoms with E-state index in [0.717, 1.165) is 17.8 Å². The van der Waals surface area contributed by atoms with Gasteiger partial charge in [0, 0.05) is 6.04 Å². The van der Waals surface area contributed by atoms with Crippen molar-refractivity contribution in [2.24, 2.45) is 17.8 Å². The van der Waals surface area contributed by atoms with Gasteiger partial charge < -0.3 is 5.32 Å². The van der Waals surface area contributed by atoms with Crippen LogP contribution in [0, 0.1) is 17.8 Å². The summed E-state index contributed by atoms with van der Waals surface area (Å²) in [6.45, 7) is 7.21. The number of rotatable bonds is 6. The summed E-state index contributed by atoms with van der Waals surface area (Å²) in [6.07, 6.45) is 7.96. The van der Waals surface area contributed by atoms with Gasteiger partial charge in [0.25, 0.3) is 0 Å². The summed E-state index contributed by atoms with van der Waals surface area (Å²) in [6, 6.07) is 0.486. The van der Waals surface area contributed by atoms with Crippen LogP contribution in [0.15, 0.2) is 12.7 Å². The average molecular weight is 179 g/mol. The third-order valence-electron chi connectivity index (χ3n) is 3.48. The van der Waals surface area contributed by atoms with Gasteiger partial charge in [-0.25, -0.2) is 0 Å². The second-order valence-electron chi connectivity index (χ2n) is 4.77. The first-order valence-electron chi connectivity index (χ1n) is 5.67. The van der Waals surface area contributed by atoms with Crippen molar-refractivity contribution in [1.29, 1.82) is 0 Å². The van der Waals surface area contributed by atoms with Crippen molar-refractivity contribution in [2.45, 2.75) is 38.6 Å². The van der Waals surface area contributed by atoms with Crippen LogP contribution in [-0.2, 0) is 0 Å². The first-order chi connectivity index (χ1) is 6.31. The Bertz CT molecular complexity index is 168. The Hall–Kier alpha value is -0.300. The lowest BCUT2D eigenvalue weighted by Gasteiger charge is -2.18. The second kappa shape index (κ2) is 3.83. The van der Waals surface area contributed by atoms with E-state index in [9.17, 15) is 0 Å². The molecule has 2 fully saturated rings. The third kappa shape index (κ3) is 2.57. The molecule has 0 spiro atoms. The Kier molecular flexibility index (Phi) is 2.73. The highest BCUT2D eigenvalue weighted by atomic mass is 14.9. The number of nitrogens with one attached hydrogen (secondary N) is 1. The van der Waals surface area contributed by atoms with Gasteiger partial charge >= 0.3 is 0 Å². The minimum atomic E-state index is 0.486. The Morgan fingerprint density at radius 1 is 1.31 bits per heavy atom. The van der Waals surface area contributed by atoms with Crippen LogP contribution in [0.5, 0.6) is 0 Å². The molecule has 2 aliphatic carbocycles. The lowest BCUT2D eigenvalue weighted by atomic mass is 9.98. The first kappa shape index (κ1) is 9.26. The lowest BCUT2D eigenvalue weighted by molar-refractivity contribution is 0.372. The summed E-state index contributed by atoms with van der Waals surface area (Å²) in [5.41, 5.74) is 0. The lowest BCUT2D eigenvalue weighted by Crippen LogP contribution is -2.31. The molecule has 0 saturated heterocycles. The van der Waals surface area contributed by atoms with Gasteiger partial charge in [-0.3, -0.25) is 0 Å². The molecule has 0 aromatic carbocycles. The van der Waals surface area contributed by atoms with Gasteiger partial charge in [0.05, 0.1) is 0 Å². The molecular weight excluding hydrogens is 158 g/mol. The molecule has 0 aliphatic heterocycles. The van der Waals surface area contributed by atoms with E-state index < -0.39 is 0 Å². The predicted molar refractivity (Wildman–Crippen MR) is 56.6 cm³/mol. The van der Waals surface area contributed by atoms with Gasteiger partial charge in [-0.05, 0) is 56.9 Å². The number of hydrogen-bond donors (Lipinski definition) is 1. The molecule has 0 bridgehead atoms. The molecule has 74 valence electrons. The first-order valence-corrected chi connectivity index (χ1v) is 5.67. The van der Waals surface area contributed by atoms with E-state index in [1.54, 1.807) is 0 Å². The molecule has 1 heteroatoms. The molecule has 1 atom stereocenters. The van der Waals surface area contributed by atoms with Crippen LogP contribution >= 0.6 is 0 Å². The monoisotopic (exact) mass is 179 g/mol. The predicted octanol–water partition coefficient (Wildman–Crippen LogP) is 2.59. The van der Waals surface area contributed by atoms with Crippen molar-refractivity contribution in [2.75, 3.05) is 6.54 Å². The fraction of sp³-hybridized carbons (Fsp3) is 0.833. The van der Waals surface area contributed by atoms with E-state index in [2.05, 4.69) is 18.8 Å². The van der Waals surface area contributed by atoms with E-state index in [1.165, 1.54) is 32.2 Å². The highest BCUT2D eigenvalue weighted by Crippen LogP contribution is 2.48. The summed E-state index contributed by atoms with van der Waals surface area (Å²) in [7, 11) is 0. The van der Waals surface area contributed by atoms with E-state index >= 15 is 0 Å². The molecule has 13 heavy (non-hydrogen) atoms. The minimum Gasteiger partial charge on any atom is -0.311 e. The molecule has 0 aromatic heterocycles.